The highest BCUT2D eigenvalue weighted by Gasteiger charge is 2.08. The SMILES string of the molecule is NC(=O)c1ccc(Oc2ccccc2CNC(=O)Nc2cccc(Cl)c2)cc1. The van der Waals surface area contributed by atoms with Crippen LogP contribution in [0.1, 0.15) is 15.9 Å². The number of primary amides is 1. The van der Waals surface area contributed by atoms with Gasteiger partial charge in [-0.3, -0.25) is 4.79 Å². The van der Waals surface area contributed by atoms with Gasteiger partial charge in [0.25, 0.3) is 0 Å². The molecular formula is C21H18ClN3O3. The summed E-state index contributed by atoms with van der Waals surface area (Å²) in [5.74, 6) is 0.653. The Hall–Kier alpha value is -3.51. The molecule has 0 saturated heterocycles. The number of hydrogen-bond acceptors (Lipinski definition) is 3. The van der Waals surface area contributed by atoms with Crippen molar-refractivity contribution in [3.63, 3.8) is 0 Å². The molecule has 0 saturated carbocycles. The molecule has 3 rings (SSSR count). The Morgan fingerprint density at radius 1 is 0.964 bits per heavy atom. The maximum Gasteiger partial charge on any atom is 0.319 e. The van der Waals surface area contributed by atoms with Crippen LogP contribution in [0.5, 0.6) is 11.5 Å². The predicted molar refractivity (Wildman–Crippen MR) is 109 cm³/mol. The number of ether oxygens (including phenoxy) is 1. The molecule has 0 aromatic heterocycles. The average Bonchev–Trinajstić information content (AvgIpc) is 2.68. The summed E-state index contributed by atoms with van der Waals surface area (Å²) >= 11 is 5.91. The fraction of sp³-hybridized carbons (Fsp3) is 0.0476. The van der Waals surface area contributed by atoms with E-state index in [1.807, 2.05) is 18.2 Å². The Bertz CT molecular complexity index is 990. The number of benzene rings is 3. The molecule has 0 heterocycles. The minimum atomic E-state index is -0.498. The summed E-state index contributed by atoms with van der Waals surface area (Å²) in [6.45, 7) is 0.266. The Balaban J connectivity index is 1.63. The first-order valence-corrected chi connectivity index (χ1v) is 8.85. The summed E-state index contributed by atoms with van der Waals surface area (Å²) in [5.41, 5.74) is 7.04. The Labute approximate surface area is 167 Å². The van der Waals surface area contributed by atoms with Crippen LogP contribution in [0.4, 0.5) is 10.5 Å². The van der Waals surface area contributed by atoms with Crippen molar-refractivity contribution in [1.82, 2.24) is 5.32 Å². The van der Waals surface area contributed by atoms with E-state index in [0.29, 0.717) is 27.8 Å². The highest BCUT2D eigenvalue weighted by Crippen LogP contribution is 2.25. The fourth-order valence-corrected chi connectivity index (χ4v) is 2.67. The van der Waals surface area contributed by atoms with Gasteiger partial charge in [-0.2, -0.15) is 0 Å². The van der Waals surface area contributed by atoms with Gasteiger partial charge in [0, 0.05) is 28.4 Å². The lowest BCUT2D eigenvalue weighted by Crippen LogP contribution is -2.28. The maximum atomic E-state index is 12.1. The summed E-state index contributed by atoms with van der Waals surface area (Å²) < 4.78 is 5.87. The van der Waals surface area contributed by atoms with Crippen molar-refractivity contribution in [3.05, 3.63) is 88.9 Å². The topological polar surface area (TPSA) is 93.5 Å². The standard InChI is InChI=1S/C21H18ClN3O3/c22-16-5-3-6-17(12-16)25-21(27)24-13-15-4-1-2-7-19(15)28-18-10-8-14(9-11-18)20(23)26/h1-12H,13H2,(H2,23,26)(H2,24,25,27). The number of carbonyl (C=O) groups excluding carboxylic acids is 2. The van der Waals surface area contributed by atoms with E-state index in [0.717, 1.165) is 5.56 Å². The van der Waals surface area contributed by atoms with Crippen molar-refractivity contribution >= 4 is 29.2 Å². The zero-order chi connectivity index (χ0) is 19.9. The van der Waals surface area contributed by atoms with Crippen LogP contribution >= 0.6 is 11.6 Å². The molecule has 0 aliphatic rings. The normalized spacial score (nSPS) is 10.2. The van der Waals surface area contributed by atoms with Crippen LogP contribution in [-0.2, 0) is 6.54 Å². The van der Waals surface area contributed by atoms with Gasteiger partial charge < -0.3 is 21.1 Å². The quantitative estimate of drug-likeness (QED) is 0.571. The zero-order valence-electron chi connectivity index (χ0n) is 14.8. The molecule has 28 heavy (non-hydrogen) atoms. The van der Waals surface area contributed by atoms with Gasteiger partial charge in [0.15, 0.2) is 0 Å². The predicted octanol–water partition coefficient (Wildman–Crippen LogP) is 4.55. The van der Waals surface area contributed by atoms with Crippen molar-refractivity contribution in [3.8, 4) is 11.5 Å². The van der Waals surface area contributed by atoms with Gasteiger partial charge in [0.1, 0.15) is 11.5 Å². The summed E-state index contributed by atoms with van der Waals surface area (Å²) in [4.78, 5) is 23.3. The molecule has 0 aliphatic carbocycles. The van der Waals surface area contributed by atoms with Crippen LogP contribution in [0, 0.1) is 0 Å². The number of para-hydroxylation sites is 1. The molecule has 0 spiro atoms. The molecular weight excluding hydrogens is 378 g/mol. The molecule has 4 N–H and O–H groups in total. The summed E-state index contributed by atoms with van der Waals surface area (Å²) in [5, 5.41) is 6.04. The van der Waals surface area contributed by atoms with E-state index in [4.69, 9.17) is 22.1 Å². The first kappa shape index (κ1) is 19.3. The average molecular weight is 396 g/mol. The zero-order valence-corrected chi connectivity index (χ0v) is 15.6. The number of hydrogen-bond donors (Lipinski definition) is 3. The van der Waals surface area contributed by atoms with Gasteiger partial charge >= 0.3 is 6.03 Å². The molecule has 3 aromatic rings. The smallest absolute Gasteiger partial charge is 0.319 e. The van der Waals surface area contributed by atoms with E-state index < -0.39 is 5.91 Å². The monoisotopic (exact) mass is 395 g/mol. The second-order valence-corrected chi connectivity index (χ2v) is 6.35. The van der Waals surface area contributed by atoms with Gasteiger partial charge in [-0.05, 0) is 48.5 Å². The van der Waals surface area contributed by atoms with Gasteiger partial charge in [-0.15, -0.1) is 0 Å². The number of carbonyl (C=O) groups is 2. The largest absolute Gasteiger partial charge is 0.457 e. The van der Waals surface area contributed by atoms with E-state index in [-0.39, 0.29) is 12.6 Å². The van der Waals surface area contributed by atoms with Crippen molar-refractivity contribution in [2.45, 2.75) is 6.54 Å². The van der Waals surface area contributed by atoms with E-state index in [9.17, 15) is 9.59 Å². The lowest BCUT2D eigenvalue weighted by atomic mass is 10.2. The van der Waals surface area contributed by atoms with E-state index >= 15 is 0 Å². The maximum absolute atomic E-state index is 12.1. The molecule has 3 amide bonds. The Morgan fingerprint density at radius 3 is 2.43 bits per heavy atom. The molecule has 6 nitrogen and oxygen atoms in total. The number of halogens is 1. The molecule has 3 aromatic carbocycles. The van der Waals surface area contributed by atoms with E-state index in [1.165, 1.54) is 0 Å². The molecule has 7 heteroatoms. The van der Waals surface area contributed by atoms with E-state index in [1.54, 1.807) is 54.6 Å². The number of rotatable bonds is 6. The van der Waals surface area contributed by atoms with Crippen LogP contribution in [0.3, 0.4) is 0 Å². The lowest BCUT2D eigenvalue weighted by Gasteiger charge is -2.13. The Kier molecular flexibility index (Phi) is 6.14. The van der Waals surface area contributed by atoms with Crippen molar-refractivity contribution in [1.29, 1.82) is 0 Å². The van der Waals surface area contributed by atoms with Gasteiger partial charge in [-0.1, -0.05) is 35.9 Å². The second kappa shape index (κ2) is 8.92. The number of amides is 3. The molecule has 0 atom stereocenters. The van der Waals surface area contributed by atoms with Crippen molar-refractivity contribution in [2.75, 3.05) is 5.32 Å². The summed E-state index contributed by atoms with van der Waals surface area (Å²) in [7, 11) is 0. The van der Waals surface area contributed by atoms with Gasteiger partial charge in [0.2, 0.25) is 5.91 Å². The molecule has 0 radical (unpaired) electrons. The molecule has 0 bridgehead atoms. The molecule has 0 fully saturated rings. The highest BCUT2D eigenvalue weighted by molar-refractivity contribution is 6.30. The van der Waals surface area contributed by atoms with Crippen LogP contribution < -0.4 is 21.1 Å². The lowest BCUT2D eigenvalue weighted by molar-refractivity contribution is 0.1000. The minimum Gasteiger partial charge on any atom is -0.457 e. The van der Waals surface area contributed by atoms with Crippen molar-refractivity contribution < 1.29 is 14.3 Å². The van der Waals surface area contributed by atoms with Crippen LogP contribution in [0.15, 0.2) is 72.8 Å². The first-order valence-electron chi connectivity index (χ1n) is 8.47. The number of anilines is 1. The third kappa shape index (κ3) is 5.25. The molecule has 142 valence electrons. The number of nitrogens with two attached hydrogens (primary N) is 1. The number of nitrogens with one attached hydrogen (secondary N) is 2. The summed E-state index contributed by atoms with van der Waals surface area (Å²) in [6, 6.07) is 20.4. The van der Waals surface area contributed by atoms with Gasteiger partial charge in [-0.25, -0.2) is 4.79 Å². The summed E-state index contributed by atoms with van der Waals surface area (Å²) in [6.07, 6.45) is 0. The van der Waals surface area contributed by atoms with Crippen LogP contribution in [0.25, 0.3) is 0 Å². The number of urea groups is 1. The third-order valence-corrected chi connectivity index (χ3v) is 4.10. The van der Waals surface area contributed by atoms with Gasteiger partial charge in [0.05, 0.1) is 0 Å². The minimum absolute atomic E-state index is 0.266. The van der Waals surface area contributed by atoms with E-state index in [2.05, 4.69) is 10.6 Å². The third-order valence-electron chi connectivity index (χ3n) is 3.86. The first-order chi connectivity index (χ1) is 13.5. The molecule has 0 aliphatic heterocycles. The fourth-order valence-electron chi connectivity index (χ4n) is 2.48. The van der Waals surface area contributed by atoms with Crippen LogP contribution in [0.2, 0.25) is 5.02 Å². The second-order valence-electron chi connectivity index (χ2n) is 5.92. The highest BCUT2D eigenvalue weighted by atomic mass is 35.5. The molecule has 0 unspecified atom stereocenters. The van der Waals surface area contributed by atoms with Crippen molar-refractivity contribution in [2.24, 2.45) is 5.73 Å². The Morgan fingerprint density at radius 2 is 1.71 bits per heavy atom. The van der Waals surface area contributed by atoms with Crippen LogP contribution in [-0.4, -0.2) is 11.9 Å².